The fraction of sp³-hybridized carbons (Fsp3) is 0.375. The zero-order valence-electron chi connectivity index (χ0n) is 19.2. The lowest BCUT2D eigenvalue weighted by Gasteiger charge is -2.11. The normalized spacial score (nSPS) is 12.7. The zero-order chi connectivity index (χ0) is 24.4. The Hall–Kier alpha value is -3.17. The highest BCUT2D eigenvalue weighted by Gasteiger charge is 2.22. The molecule has 0 saturated carbocycles. The lowest BCUT2D eigenvalue weighted by Crippen LogP contribution is -2.16. The number of aromatic hydroxyl groups is 1. The van der Waals surface area contributed by atoms with Crippen LogP contribution in [0, 0.1) is 0 Å². The molecule has 0 saturated heterocycles. The molecule has 178 valence electrons. The number of rotatable bonds is 11. The van der Waals surface area contributed by atoms with Gasteiger partial charge < -0.3 is 19.0 Å². The predicted molar refractivity (Wildman–Crippen MR) is 127 cm³/mol. The lowest BCUT2D eigenvalue weighted by molar-refractivity contribution is 0.102. The number of carbonyl (C=O) groups excluding carboxylic acids is 2. The van der Waals surface area contributed by atoms with Gasteiger partial charge in [-0.2, -0.15) is 0 Å². The van der Waals surface area contributed by atoms with Crippen molar-refractivity contribution in [2.45, 2.75) is 46.1 Å². The number of nitrogens with one attached hydrogen (secondary N) is 1. The first-order valence-corrected chi connectivity index (χ1v) is 11.3. The minimum atomic E-state index is -0.874. The summed E-state index contributed by atoms with van der Waals surface area (Å²) in [6.45, 7) is 6.47. The molecule has 8 nitrogen and oxygen atoms in total. The Morgan fingerprint density at radius 2 is 2.09 bits per heavy atom. The first-order valence-electron chi connectivity index (χ1n) is 10.5. The van der Waals surface area contributed by atoms with Gasteiger partial charge in [-0.25, -0.2) is 9.59 Å². The molecule has 2 heterocycles. The van der Waals surface area contributed by atoms with Gasteiger partial charge in [0.2, 0.25) is 0 Å². The SMILES string of the molecule is CCOCc1ccc(/C=C(\C)C(=O)c2c(O)cc(C(C)CC/C=C/NC(=O)OC)oc2=O)s1. The fourth-order valence-electron chi connectivity index (χ4n) is 2.94. The van der Waals surface area contributed by atoms with Crippen LogP contribution in [-0.2, 0) is 16.1 Å². The molecule has 0 spiro atoms. The smallest absolute Gasteiger partial charge is 0.410 e. The van der Waals surface area contributed by atoms with Crippen molar-refractivity contribution in [3.8, 4) is 5.75 Å². The number of amides is 1. The molecule has 0 aliphatic rings. The van der Waals surface area contributed by atoms with Crippen molar-refractivity contribution < 1.29 is 28.6 Å². The Morgan fingerprint density at radius 1 is 1.33 bits per heavy atom. The van der Waals surface area contributed by atoms with Crippen molar-refractivity contribution in [3.05, 3.63) is 67.5 Å². The Morgan fingerprint density at radius 3 is 2.76 bits per heavy atom. The number of methoxy groups -OCH3 is 1. The van der Waals surface area contributed by atoms with E-state index in [1.54, 1.807) is 19.1 Å². The number of allylic oxidation sites excluding steroid dienone is 2. The van der Waals surface area contributed by atoms with Crippen LogP contribution in [0.5, 0.6) is 5.75 Å². The third-order valence-corrected chi connectivity index (χ3v) is 5.79. The van der Waals surface area contributed by atoms with Gasteiger partial charge in [0.25, 0.3) is 0 Å². The molecule has 2 aromatic rings. The van der Waals surface area contributed by atoms with E-state index in [0.717, 1.165) is 9.75 Å². The molecule has 2 rings (SSSR count). The molecule has 0 fully saturated rings. The predicted octanol–water partition coefficient (Wildman–Crippen LogP) is 4.98. The van der Waals surface area contributed by atoms with Crippen LogP contribution in [0.25, 0.3) is 6.08 Å². The summed E-state index contributed by atoms with van der Waals surface area (Å²) < 4.78 is 15.2. The molecule has 1 atom stereocenters. The highest BCUT2D eigenvalue weighted by atomic mass is 32.1. The molecule has 0 radical (unpaired) electrons. The topological polar surface area (TPSA) is 115 Å². The number of carbonyl (C=O) groups is 2. The zero-order valence-corrected chi connectivity index (χ0v) is 20.0. The summed E-state index contributed by atoms with van der Waals surface area (Å²) in [4.78, 5) is 38.2. The largest absolute Gasteiger partial charge is 0.507 e. The molecule has 33 heavy (non-hydrogen) atoms. The summed E-state index contributed by atoms with van der Waals surface area (Å²) >= 11 is 1.49. The summed E-state index contributed by atoms with van der Waals surface area (Å²) in [5.41, 5.74) is -0.944. The summed E-state index contributed by atoms with van der Waals surface area (Å²) in [5, 5.41) is 12.8. The number of ketones is 1. The number of hydrogen-bond donors (Lipinski definition) is 2. The van der Waals surface area contributed by atoms with Crippen LogP contribution in [0.2, 0.25) is 0 Å². The molecule has 0 bridgehead atoms. The molecule has 0 aromatic carbocycles. The summed E-state index contributed by atoms with van der Waals surface area (Å²) in [6.07, 6.45) is 5.50. The summed E-state index contributed by atoms with van der Waals surface area (Å²) in [5.74, 6) is -0.903. The number of thiophene rings is 1. The molecule has 0 aliphatic carbocycles. The summed E-state index contributed by atoms with van der Waals surface area (Å²) in [7, 11) is 1.27. The Balaban J connectivity index is 2.09. The van der Waals surface area contributed by atoms with Gasteiger partial charge in [0, 0.05) is 34.5 Å². The lowest BCUT2D eigenvalue weighted by atomic mass is 10.00. The highest BCUT2D eigenvalue weighted by Crippen LogP contribution is 2.27. The van der Waals surface area contributed by atoms with Crippen LogP contribution in [0.1, 0.15) is 65.4 Å². The molecular formula is C24H29NO7S. The van der Waals surface area contributed by atoms with Crippen molar-refractivity contribution in [2.24, 2.45) is 0 Å². The van der Waals surface area contributed by atoms with Crippen LogP contribution in [0.3, 0.4) is 0 Å². The van der Waals surface area contributed by atoms with Crippen LogP contribution in [-0.4, -0.2) is 30.7 Å². The first kappa shape index (κ1) is 26.1. The third-order valence-electron chi connectivity index (χ3n) is 4.78. The first-order chi connectivity index (χ1) is 15.8. The van der Waals surface area contributed by atoms with Crippen molar-refractivity contribution in [3.63, 3.8) is 0 Å². The Bertz CT molecular complexity index is 1080. The molecule has 2 aromatic heterocycles. The van der Waals surface area contributed by atoms with E-state index in [9.17, 15) is 19.5 Å². The average molecular weight is 476 g/mol. The maximum atomic E-state index is 12.8. The van der Waals surface area contributed by atoms with Gasteiger partial charge in [-0.05, 0) is 50.5 Å². The second-order valence-corrected chi connectivity index (χ2v) is 8.51. The van der Waals surface area contributed by atoms with Crippen molar-refractivity contribution >= 4 is 29.3 Å². The van der Waals surface area contributed by atoms with E-state index in [4.69, 9.17) is 9.15 Å². The van der Waals surface area contributed by atoms with E-state index in [1.807, 2.05) is 26.0 Å². The van der Waals surface area contributed by atoms with Gasteiger partial charge in [-0.3, -0.25) is 10.1 Å². The molecular weight excluding hydrogens is 446 g/mol. The van der Waals surface area contributed by atoms with E-state index >= 15 is 0 Å². The molecule has 9 heteroatoms. The van der Waals surface area contributed by atoms with E-state index in [-0.39, 0.29) is 17.2 Å². The quantitative estimate of drug-likeness (QED) is 0.348. The Labute approximate surface area is 196 Å². The van der Waals surface area contributed by atoms with Gasteiger partial charge in [-0.15, -0.1) is 11.3 Å². The van der Waals surface area contributed by atoms with Crippen LogP contribution >= 0.6 is 11.3 Å². The number of Topliss-reactive ketones (excluding diaryl/α,β-unsaturated/α-hetero) is 1. The van der Waals surface area contributed by atoms with E-state index in [2.05, 4.69) is 10.1 Å². The molecule has 2 N–H and O–H groups in total. The number of alkyl carbamates (subject to hydrolysis) is 1. The minimum absolute atomic E-state index is 0.193. The number of ether oxygens (including phenoxy) is 2. The molecule has 1 amide bonds. The third kappa shape index (κ3) is 7.73. The van der Waals surface area contributed by atoms with Crippen molar-refractivity contribution in [2.75, 3.05) is 13.7 Å². The van der Waals surface area contributed by atoms with Gasteiger partial charge in [-0.1, -0.05) is 13.0 Å². The maximum absolute atomic E-state index is 12.8. The fourth-order valence-corrected chi connectivity index (χ4v) is 3.89. The van der Waals surface area contributed by atoms with Crippen LogP contribution in [0.4, 0.5) is 4.79 Å². The average Bonchev–Trinajstić information content (AvgIpc) is 3.23. The van der Waals surface area contributed by atoms with E-state index in [1.165, 1.54) is 30.7 Å². The van der Waals surface area contributed by atoms with Crippen molar-refractivity contribution in [1.82, 2.24) is 5.32 Å². The van der Waals surface area contributed by atoms with Gasteiger partial charge >= 0.3 is 11.7 Å². The molecule has 1 unspecified atom stereocenters. The molecule has 0 aliphatic heterocycles. The monoisotopic (exact) mass is 475 g/mol. The van der Waals surface area contributed by atoms with Gasteiger partial charge in [0.1, 0.15) is 17.1 Å². The standard InChI is InChI=1S/C24H29NO7S/c1-5-31-14-18-10-9-17(33-18)12-16(3)22(27)21-19(26)13-20(32-23(21)28)15(2)8-6-7-11-25-24(29)30-4/h7,9-13,15,26H,5-6,8,14H2,1-4H3,(H,25,29)/b11-7+,16-12+. The highest BCUT2D eigenvalue weighted by molar-refractivity contribution is 7.12. The van der Waals surface area contributed by atoms with Gasteiger partial charge in [0.15, 0.2) is 5.78 Å². The minimum Gasteiger partial charge on any atom is -0.507 e. The van der Waals surface area contributed by atoms with E-state index < -0.39 is 23.3 Å². The Kier molecular flexibility index (Phi) is 10.1. The van der Waals surface area contributed by atoms with Crippen LogP contribution < -0.4 is 10.9 Å². The second kappa shape index (κ2) is 12.8. The van der Waals surface area contributed by atoms with Gasteiger partial charge in [0.05, 0.1) is 13.7 Å². The van der Waals surface area contributed by atoms with Crippen LogP contribution in [0.15, 0.2) is 45.3 Å². The van der Waals surface area contributed by atoms with Crippen molar-refractivity contribution in [1.29, 1.82) is 0 Å². The summed E-state index contributed by atoms with van der Waals surface area (Å²) in [6, 6.07) is 5.11. The second-order valence-electron chi connectivity index (χ2n) is 7.31. The number of hydrogen-bond acceptors (Lipinski definition) is 8. The maximum Gasteiger partial charge on any atom is 0.410 e. The van der Waals surface area contributed by atoms with E-state index in [0.29, 0.717) is 31.6 Å².